The van der Waals surface area contributed by atoms with E-state index in [2.05, 4.69) is 16.4 Å². The maximum Gasteiger partial charge on any atom is 0.256 e. The van der Waals surface area contributed by atoms with E-state index in [0.29, 0.717) is 59.2 Å². The second-order valence-electron chi connectivity index (χ2n) is 6.99. The second-order valence-corrected chi connectivity index (χ2v) is 6.99. The van der Waals surface area contributed by atoms with E-state index in [1.807, 2.05) is 6.92 Å². The number of nitrogens with one attached hydrogen (secondary N) is 2. The number of benzene rings is 1. The van der Waals surface area contributed by atoms with Gasteiger partial charge in [0.05, 0.1) is 41.3 Å². The Labute approximate surface area is 167 Å². The fourth-order valence-electron chi connectivity index (χ4n) is 3.43. The Morgan fingerprint density at radius 1 is 1.14 bits per heavy atom. The molecule has 0 radical (unpaired) electrons. The van der Waals surface area contributed by atoms with Crippen LogP contribution in [0.2, 0.25) is 0 Å². The monoisotopic (exact) mass is 392 g/mol. The van der Waals surface area contributed by atoms with Gasteiger partial charge in [-0.05, 0) is 31.2 Å². The van der Waals surface area contributed by atoms with Crippen molar-refractivity contribution in [1.29, 1.82) is 5.26 Å². The summed E-state index contributed by atoms with van der Waals surface area (Å²) in [5.74, 6) is -0.0639. The third-order valence-corrected chi connectivity index (χ3v) is 4.93. The molecule has 2 aromatic rings. The lowest BCUT2D eigenvalue weighted by atomic mass is 10.0. The molecule has 1 aromatic heterocycles. The summed E-state index contributed by atoms with van der Waals surface area (Å²) >= 11 is 0. The van der Waals surface area contributed by atoms with Crippen LogP contribution >= 0.6 is 0 Å². The number of aryl methyl sites for hydroxylation is 1. The highest BCUT2D eigenvalue weighted by molar-refractivity contribution is 6.35. The van der Waals surface area contributed by atoms with Crippen molar-refractivity contribution in [3.05, 3.63) is 46.3 Å². The number of fused-ring (bicyclic) bond motifs is 2. The quantitative estimate of drug-likeness (QED) is 0.714. The summed E-state index contributed by atoms with van der Waals surface area (Å²) in [6.07, 6.45) is 1.67. The summed E-state index contributed by atoms with van der Waals surface area (Å²) in [4.78, 5) is 30.3. The molecule has 29 heavy (non-hydrogen) atoms. The molecule has 0 spiro atoms. The number of nitriles is 1. The Morgan fingerprint density at radius 3 is 2.76 bits per heavy atom. The molecular weight excluding hydrogens is 372 g/mol. The minimum absolute atomic E-state index is 0.157. The summed E-state index contributed by atoms with van der Waals surface area (Å²) in [7, 11) is 1.71. The normalized spacial score (nSPS) is 18.5. The predicted molar refractivity (Wildman–Crippen MR) is 106 cm³/mol. The summed E-state index contributed by atoms with van der Waals surface area (Å²) in [5, 5.41) is 12.2. The van der Waals surface area contributed by atoms with Gasteiger partial charge in [-0.3, -0.25) is 9.59 Å². The van der Waals surface area contributed by atoms with Crippen LogP contribution in [-0.2, 0) is 9.53 Å². The van der Waals surface area contributed by atoms with Crippen LogP contribution in [0, 0.1) is 18.3 Å². The number of H-pyrrole nitrogens is 1. The average molecular weight is 392 g/mol. The smallest absolute Gasteiger partial charge is 0.256 e. The minimum Gasteiger partial charge on any atom is -0.490 e. The lowest BCUT2D eigenvalue weighted by molar-refractivity contribution is -0.110. The van der Waals surface area contributed by atoms with E-state index >= 15 is 0 Å². The Kier molecular flexibility index (Phi) is 4.82. The maximum atomic E-state index is 12.9. The Morgan fingerprint density at radius 2 is 1.97 bits per heavy atom. The van der Waals surface area contributed by atoms with Crippen LogP contribution in [0.15, 0.2) is 18.2 Å². The van der Waals surface area contributed by atoms with Crippen molar-refractivity contribution in [3.63, 3.8) is 0 Å². The third kappa shape index (κ3) is 3.48. The van der Waals surface area contributed by atoms with Crippen LogP contribution < -0.4 is 10.1 Å². The zero-order chi connectivity index (χ0) is 20.5. The molecule has 3 heterocycles. The largest absolute Gasteiger partial charge is 0.490 e. The van der Waals surface area contributed by atoms with Crippen molar-refractivity contribution in [2.75, 3.05) is 38.7 Å². The van der Waals surface area contributed by atoms with Crippen molar-refractivity contribution in [3.8, 4) is 11.8 Å². The van der Waals surface area contributed by atoms with Crippen molar-refractivity contribution in [2.24, 2.45) is 0 Å². The first kappa shape index (κ1) is 18.8. The Hall–Kier alpha value is -3.57. The molecule has 2 bridgehead atoms. The highest BCUT2D eigenvalue weighted by atomic mass is 16.5. The molecule has 0 saturated carbocycles. The SMILES string of the molecule is Cc1cc2c([nH]1)/C=C1\C(=O)Nc3cc(C#N)c(cc31)OCCOCCN(C)C2=O. The molecule has 2 aliphatic heterocycles. The fraction of sp³-hybridized carbons (Fsp3) is 0.286. The molecule has 148 valence electrons. The van der Waals surface area contributed by atoms with Crippen LogP contribution in [0.5, 0.6) is 5.75 Å². The number of carbonyl (C=O) groups is 2. The van der Waals surface area contributed by atoms with Crippen LogP contribution in [-0.4, -0.2) is 55.1 Å². The van der Waals surface area contributed by atoms with Crippen molar-refractivity contribution < 1.29 is 19.1 Å². The van der Waals surface area contributed by atoms with E-state index in [-0.39, 0.29) is 18.4 Å². The van der Waals surface area contributed by atoms with Gasteiger partial charge in [0.15, 0.2) is 0 Å². The number of hydrogen-bond donors (Lipinski definition) is 2. The summed E-state index contributed by atoms with van der Waals surface area (Å²) in [6.45, 7) is 3.21. The fourth-order valence-corrected chi connectivity index (χ4v) is 3.43. The standard InChI is InChI=1S/C21H20N4O4/c1-12-7-16-18(23-12)9-15-14-10-19(13(11-22)8-17(14)24-20(15)26)29-6-5-28-4-3-25(2)21(16)27/h7-10,23H,3-6H2,1-2H3,(H,24,26)/b15-9-. The van der Waals surface area contributed by atoms with Gasteiger partial charge >= 0.3 is 0 Å². The third-order valence-electron chi connectivity index (χ3n) is 4.93. The molecule has 8 nitrogen and oxygen atoms in total. The van der Waals surface area contributed by atoms with Gasteiger partial charge in [-0.2, -0.15) is 5.26 Å². The van der Waals surface area contributed by atoms with Crippen molar-refractivity contribution in [2.45, 2.75) is 6.92 Å². The number of aromatic amines is 1. The molecular formula is C21H20N4O4. The highest BCUT2D eigenvalue weighted by Crippen LogP contribution is 2.38. The first-order valence-corrected chi connectivity index (χ1v) is 9.25. The summed E-state index contributed by atoms with van der Waals surface area (Å²) < 4.78 is 11.3. The van der Waals surface area contributed by atoms with E-state index < -0.39 is 0 Å². The van der Waals surface area contributed by atoms with Gasteiger partial charge in [0.1, 0.15) is 18.4 Å². The number of anilines is 1. The molecule has 0 saturated heterocycles. The van der Waals surface area contributed by atoms with Gasteiger partial charge < -0.3 is 24.7 Å². The molecule has 2 amide bonds. The van der Waals surface area contributed by atoms with Crippen molar-refractivity contribution in [1.82, 2.24) is 9.88 Å². The van der Waals surface area contributed by atoms with Crippen LogP contribution in [0.25, 0.3) is 11.6 Å². The van der Waals surface area contributed by atoms with Crippen molar-refractivity contribution >= 4 is 29.2 Å². The van der Waals surface area contributed by atoms with Crippen LogP contribution in [0.1, 0.15) is 32.9 Å². The van der Waals surface area contributed by atoms with E-state index in [0.717, 1.165) is 5.69 Å². The molecule has 0 fully saturated rings. The number of nitrogens with zero attached hydrogens (tertiary/aromatic N) is 2. The Bertz CT molecular complexity index is 1080. The molecule has 0 atom stereocenters. The lowest BCUT2D eigenvalue weighted by Gasteiger charge is -2.17. The maximum absolute atomic E-state index is 12.9. The number of amides is 2. The first-order chi connectivity index (χ1) is 14.0. The molecule has 8 heteroatoms. The van der Waals surface area contributed by atoms with Gasteiger partial charge in [0.2, 0.25) is 0 Å². The molecule has 2 aliphatic rings. The number of carbonyl (C=O) groups excluding carboxylic acids is 2. The molecule has 2 N–H and O–H groups in total. The average Bonchev–Trinajstić information content (AvgIpc) is 3.21. The molecule has 4 rings (SSSR count). The van der Waals surface area contributed by atoms with Crippen LogP contribution in [0.4, 0.5) is 5.69 Å². The minimum atomic E-state index is -0.298. The number of hydrogen-bond acceptors (Lipinski definition) is 5. The number of ether oxygens (including phenoxy) is 2. The summed E-state index contributed by atoms with van der Waals surface area (Å²) in [6, 6.07) is 7.15. The molecule has 0 unspecified atom stereocenters. The second kappa shape index (κ2) is 7.45. The van der Waals surface area contributed by atoms with Gasteiger partial charge in [0.25, 0.3) is 11.8 Å². The van der Waals surface area contributed by atoms with Gasteiger partial charge in [0, 0.05) is 24.8 Å². The first-order valence-electron chi connectivity index (χ1n) is 9.25. The van der Waals surface area contributed by atoms with Gasteiger partial charge in [-0.15, -0.1) is 0 Å². The zero-order valence-electron chi connectivity index (χ0n) is 16.2. The lowest BCUT2D eigenvalue weighted by Crippen LogP contribution is -2.30. The summed E-state index contributed by atoms with van der Waals surface area (Å²) in [5.41, 5.74) is 3.75. The molecule has 1 aromatic carbocycles. The predicted octanol–water partition coefficient (Wildman–Crippen LogP) is 2.17. The van der Waals surface area contributed by atoms with E-state index in [1.165, 1.54) is 0 Å². The number of aromatic nitrogens is 1. The van der Waals surface area contributed by atoms with E-state index in [4.69, 9.17) is 9.47 Å². The molecule has 0 aliphatic carbocycles. The van der Waals surface area contributed by atoms with E-state index in [1.54, 1.807) is 36.2 Å². The van der Waals surface area contributed by atoms with E-state index in [9.17, 15) is 14.9 Å². The zero-order valence-corrected chi connectivity index (χ0v) is 16.2. The van der Waals surface area contributed by atoms with Gasteiger partial charge in [-0.25, -0.2) is 0 Å². The topological polar surface area (TPSA) is 107 Å². The Balaban J connectivity index is 1.87. The number of likely N-dealkylation sites (N-methyl/N-ethyl adjacent to an activating group) is 1. The van der Waals surface area contributed by atoms with Crippen LogP contribution in [0.3, 0.4) is 0 Å². The van der Waals surface area contributed by atoms with Gasteiger partial charge in [-0.1, -0.05) is 0 Å². The highest BCUT2D eigenvalue weighted by Gasteiger charge is 2.28. The number of rotatable bonds is 0.